The lowest BCUT2D eigenvalue weighted by molar-refractivity contribution is 0.0855. The molecule has 2 aliphatic rings. The van der Waals surface area contributed by atoms with Gasteiger partial charge in [0.2, 0.25) is 0 Å². The Morgan fingerprint density at radius 3 is 2.40 bits per heavy atom. The minimum Gasteiger partial charge on any atom is -0.495 e. The van der Waals surface area contributed by atoms with Gasteiger partial charge in [-0.3, -0.25) is 0 Å². The second-order valence-electron chi connectivity index (χ2n) is 4.68. The van der Waals surface area contributed by atoms with Crippen molar-refractivity contribution < 1.29 is 4.74 Å². The molecule has 0 aliphatic heterocycles. The SMILES string of the molecule is C1=CCCC(OC2CCCCCCC2)=C1. The third-order valence-electron chi connectivity index (χ3n) is 3.35. The molecule has 0 aromatic heterocycles. The minimum atomic E-state index is 0.503. The van der Waals surface area contributed by atoms with E-state index < -0.39 is 0 Å². The maximum atomic E-state index is 6.08. The normalized spacial score (nSPS) is 24.1. The molecule has 0 saturated heterocycles. The molecule has 0 bridgehead atoms. The standard InChI is InChI=1S/C14H22O/c1-2-5-9-13(10-6-3-1)15-14-11-7-4-8-12-14/h4,7,11,13H,1-3,5-6,8-10,12H2. The van der Waals surface area contributed by atoms with E-state index >= 15 is 0 Å². The molecule has 0 radical (unpaired) electrons. The van der Waals surface area contributed by atoms with Crippen LogP contribution < -0.4 is 0 Å². The molecular formula is C14H22O. The fourth-order valence-corrected chi connectivity index (χ4v) is 2.43. The van der Waals surface area contributed by atoms with Crippen LogP contribution >= 0.6 is 0 Å². The van der Waals surface area contributed by atoms with Crippen LogP contribution in [-0.4, -0.2) is 6.10 Å². The van der Waals surface area contributed by atoms with Crippen molar-refractivity contribution in [3.63, 3.8) is 0 Å². The first-order valence-electron chi connectivity index (χ1n) is 6.47. The van der Waals surface area contributed by atoms with Gasteiger partial charge in [-0.2, -0.15) is 0 Å². The van der Waals surface area contributed by atoms with Crippen molar-refractivity contribution in [1.82, 2.24) is 0 Å². The van der Waals surface area contributed by atoms with E-state index in [1.54, 1.807) is 0 Å². The third-order valence-corrected chi connectivity index (χ3v) is 3.35. The van der Waals surface area contributed by atoms with Gasteiger partial charge in [-0.25, -0.2) is 0 Å². The van der Waals surface area contributed by atoms with Crippen LogP contribution in [0.25, 0.3) is 0 Å². The van der Waals surface area contributed by atoms with E-state index in [2.05, 4.69) is 18.2 Å². The lowest BCUT2D eigenvalue weighted by Gasteiger charge is -2.23. The van der Waals surface area contributed by atoms with Gasteiger partial charge in [-0.05, 0) is 38.2 Å². The van der Waals surface area contributed by atoms with Crippen LogP contribution in [0.2, 0.25) is 0 Å². The van der Waals surface area contributed by atoms with E-state index in [4.69, 9.17) is 4.74 Å². The van der Waals surface area contributed by atoms with Crippen LogP contribution in [0.1, 0.15) is 57.8 Å². The summed E-state index contributed by atoms with van der Waals surface area (Å²) < 4.78 is 6.08. The molecule has 1 heteroatoms. The van der Waals surface area contributed by atoms with Crippen molar-refractivity contribution in [2.75, 3.05) is 0 Å². The van der Waals surface area contributed by atoms with Crippen molar-refractivity contribution in [2.24, 2.45) is 0 Å². The Morgan fingerprint density at radius 2 is 1.73 bits per heavy atom. The molecule has 0 heterocycles. The second-order valence-corrected chi connectivity index (χ2v) is 4.68. The molecule has 2 rings (SSSR count). The molecule has 0 spiro atoms. The Morgan fingerprint density at radius 1 is 1.00 bits per heavy atom. The number of rotatable bonds is 2. The summed E-state index contributed by atoms with van der Waals surface area (Å²) in [7, 11) is 0. The summed E-state index contributed by atoms with van der Waals surface area (Å²) >= 11 is 0. The summed E-state index contributed by atoms with van der Waals surface area (Å²) in [5.41, 5.74) is 0. The maximum Gasteiger partial charge on any atom is 0.0982 e. The Hall–Kier alpha value is -0.720. The fraction of sp³-hybridized carbons (Fsp3) is 0.714. The Balaban J connectivity index is 1.80. The summed E-state index contributed by atoms with van der Waals surface area (Å²) in [6, 6.07) is 0. The summed E-state index contributed by atoms with van der Waals surface area (Å²) in [5, 5.41) is 0. The monoisotopic (exact) mass is 206 g/mol. The first-order valence-corrected chi connectivity index (χ1v) is 6.47. The average molecular weight is 206 g/mol. The van der Waals surface area contributed by atoms with Crippen LogP contribution in [-0.2, 0) is 4.74 Å². The Labute approximate surface area is 93.2 Å². The summed E-state index contributed by atoms with van der Waals surface area (Å²) in [6.45, 7) is 0. The first-order chi connectivity index (χ1) is 7.45. The Kier molecular flexibility index (Phi) is 4.31. The van der Waals surface area contributed by atoms with Gasteiger partial charge in [0.15, 0.2) is 0 Å². The van der Waals surface area contributed by atoms with Crippen molar-refractivity contribution in [2.45, 2.75) is 63.9 Å². The van der Waals surface area contributed by atoms with E-state index in [9.17, 15) is 0 Å². The highest BCUT2D eigenvalue weighted by Gasteiger charge is 2.14. The lowest BCUT2D eigenvalue weighted by Crippen LogP contribution is -2.14. The van der Waals surface area contributed by atoms with Crippen LogP contribution in [0, 0.1) is 0 Å². The van der Waals surface area contributed by atoms with Crippen molar-refractivity contribution in [3.05, 3.63) is 24.0 Å². The molecule has 2 aliphatic carbocycles. The zero-order valence-corrected chi connectivity index (χ0v) is 9.58. The fourth-order valence-electron chi connectivity index (χ4n) is 2.43. The van der Waals surface area contributed by atoms with Gasteiger partial charge in [-0.15, -0.1) is 0 Å². The zero-order chi connectivity index (χ0) is 10.3. The highest BCUT2D eigenvalue weighted by Crippen LogP contribution is 2.23. The lowest BCUT2D eigenvalue weighted by atomic mass is 9.98. The predicted octanol–water partition coefficient (Wildman–Crippen LogP) is 4.35. The van der Waals surface area contributed by atoms with E-state index in [0.717, 1.165) is 12.8 Å². The number of allylic oxidation sites excluding steroid dienone is 4. The number of hydrogen-bond donors (Lipinski definition) is 0. The first kappa shape index (κ1) is 10.8. The third kappa shape index (κ3) is 3.73. The minimum absolute atomic E-state index is 0.503. The molecule has 1 saturated carbocycles. The molecule has 84 valence electrons. The van der Waals surface area contributed by atoms with E-state index in [1.165, 1.54) is 50.7 Å². The van der Waals surface area contributed by atoms with E-state index in [0.29, 0.717) is 6.10 Å². The highest BCUT2D eigenvalue weighted by atomic mass is 16.5. The Bertz CT molecular complexity index is 232. The highest BCUT2D eigenvalue weighted by molar-refractivity contribution is 5.13. The van der Waals surface area contributed by atoms with Gasteiger partial charge in [0.1, 0.15) is 0 Å². The van der Waals surface area contributed by atoms with Crippen LogP contribution in [0.4, 0.5) is 0 Å². The average Bonchev–Trinajstić information content (AvgIpc) is 2.23. The molecule has 0 aromatic rings. The summed E-state index contributed by atoms with van der Waals surface area (Å²) in [4.78, 5) is 0. The largest absolute Gasteiger partial charge is 0.495 e. The second kappa shape index (κ2) is 5.99. The predicted molar refractivity (Wildman–Crippen MR) is 63.6 cm³/mol. The zero-order valence-electron chi connectivity index (χ0n) is 9.58. The van der Waals surface area contributed by atoms with E-state index in [1.807, 2.05) is 0 Å². The van der Waals surface area contributed by atoms with Crippen LogP contribution in [0.15, 0.2) is 24.0 Å². The quantitative estimate of drug-likeness (QED) is 0.652. The molecule has 0 amide bonds. The molecule has 1 nitrogen and oxygen atoms in total. The summed E-state index contributed by atoms with van der Waals surface area (Å²) in [5.74, 6) is 1.21. The van der Waals surface area contributed by atoms with Gasteiger partial charge in [0.25, 0.3) is 0 Å². The van der Waals surface area contributed by atoms with Crippen molar-refractivity contribution in [3.8, 4) is 0 Å². The van der Waals surface area contributed by atoms with Gasteiger partial charge in [0, 0.05) is 6.42 Å². The molecule has 1 fully saturated rings. The maximum absolute atomic E-state index is 6.08. The van der Waals surface area contributed by atoms with Gasteiger partial charge in [0.05, 0.1) is 11.9 Å². The smallest absolute Gasteiger partial charge is 0.0982 e. The molecule has 0 aromatic carbocycles. The number of ether oxygens (including phenoxy) is 1. The molecule has 15 heavy (non-hydrogen) atoms. The van der Waals surface area contributed by atoms with Crippen molar-refractivity contribution >= 4 is 0 Å². The topological polar surface area (TPSA) is 9.23 Å². The van der Waals surface area contributed by atoms with Gasteiger partial charge in [-0.1, -0.05) is 31.4 Å². The molecule has 0 N–H and O–H groups in total. The van der Waals surface area contributed by atoms with Crippen LogP contribution in [0.5, 0.6) is 0 Å². The molecule has 0 unspecified atom stereocenters. The molecular weight excluding hydrogens is 184 g/mol. The van der Waals surface area contributed by atoms with Crippen molar-refractivity contribution in [1.29, 1.82) is 0 Å². The van der Waals surface area contributed by atoms with E-state index in [-0.39, 0.29) is 0 Å². The number of hydrogen-bond acceptors (Lipinski definition) is 1. The summed E-state index contributed by atoms with van der Waals surface area (Å²) in [6.07, 6.45) is 18.7. The van der Waals surface area contributed by atoms with Gasteiger partial charge >= 0.3 is 0 Å². The van der Waals surface area contributed by atoms with Crippen LogP contribution in [0.3, 0.4) is 0 Å². The van der Waals surface area contributed by atoms with Gasteiger partial charge < -0.3 is 4.74 Å². The molecule has 0 atom stereocenters.